The summed E-state index contributed by atoms with van der Waals surface area (Å²) in [5.74, 6) is -1.62. The number of anilines is 1. The van der Waals surface area contributed by atoms with Gasteiger partial charge in [-0.05, 0) is 64.3 Å². The first kappa shape index (κ1) is 27.3. The molecule has 1 N–H and O–H groups in total. The van der Waals surface area contributed by atoms with E-state index in [2.05, 4.69) is 20.0 Å². The number of amides is 4. The van der Waals surface area contributed by atoms with E-state index in [1.54, 1.807) is 12.1 Å². The third kappa shape index (κ3) is 5.99. The lowest BCUT2D eigenvalue weighted by Gasteiger charge is -2.37. The highest BCUT2D eigenvalue weighted by atomic mass is 16.6. The van der Waals surface area contributed by atoms with E-state index < -0.39 is 29.4 Å². The second-order valence-electron chi connectivity index (χ2n) is 11.9. The lowest BCUT2D eigenvalue weighted by Crippen LogP contribution is -2.54. The molecular formula is C28H37N5O6. The average Bonchev–Trinajstić information content (AvgIpc) is 3.40. The Bertz CT molecular complexity index is 1190. The zero-order chi connectivity index (χ0) is 27.9. The number of nitrogens with zero attached hydrogens (tertiary/aromatic N) is 4. The van der Waals surface area contributed by atoms with E-state index in [0.29, 0.717) is 23.6 Å². The third-order valence-electron chi connectivity index (χ3n) is 7.82. The number of hydrogen-bond donors (Lipinski definition) is 1. The second-order valence-corrected chi connectivity index (χ2v) is 11.9. The third-order valence-corrected chi connectivity index (χ3v) is 7.82. The van der Waals surface area contributed by atoms with Crippen LogP contribution in [0, 0.1) is 5.92 Å². The van der Waals surface area contributed by atoms with Crippen LogP contribution in [0.25, 0.3) is 0 Å². The number of imide groups is 2. The maximum Gasteiger partial charge on any atom is 0.320 e. The van der Waals surface area contributed by atoms with Crippen molar-refractivity contribution in [1.29, 1.82) is 0 Å². The molecule has 4 aliphatic heterocycles. The number of hydrogen-bond acceptors (Lipinski definition) is 9. The number of carbonyl (C=O) groups is 5. The maximum atomic E-state index is 13.2. The van der Waals surface area contributed by atoms with E-state index >= 15 is 0 Å². The zero-order valence-electron chi connectivity index (χ0n) is 22.9. The molecule has 3 saturated heterocycles. The van der Waals surface area contributed by atoms with Gasteiger partial charge in [0.05, 0.1) is 17.7 Å². The van der Waals surface area contributed by atoms with Crippen molar-refractivity contribution in [3.8, 4) is 0 Å². The number of carbonyl (C=O) groups excluding carboxylic acids is 5. The molecule has 0 bridgehead atoms. The largest absolute Gasteiger partial charge is 0.459 e. The molecule has 3 fully saturated rings. The number of ether oxygens (including phenoxy) is 1. The molecule has 11 nitrogen and oxygen atoms in total. The van der Waals surface area contributed by atoms with Gasteiger partial charge in [0.1, 0.15) is 11.6 Å². The van der Waals surface area contributed by atoms with Crippen molar-refractivity contribution >= 4 is 35.3 Å². The summed E-state index contributed by atoms with van der Waals surface area (Å²) in [5.41, 5.74) is 1.01. The Morgan fingerprint density at radius 2 is 1.67 bits per heavy atom. The Balaban J connectivity index is 1.13. The monoisotopic (exact) mass is 539 g/mol. The van der Waals surface area contributed by atoms with Gasteiger partial charge in [-0.2, -0.15) is 0 Å². The molecule has 0 spiro atoms. The summed E-state index contributed by atoms with van der Waals surface area (Å²) < 4.78 is 5.46. The number of likely N-dealkylation sites (tertiary alicyclic amines) is 1. The molecule has 5 rings (SSSR count). The van der Waals surface area contributed by atoms with Gasteiger partial charge in [-0.1, -0.05) is 0 Å². The first-order valence-corrected chi connectivity index (χ1v) is 13.8. The van der Waals surface area contributed by atoms with E-state index in [1.165, 1.54) is 0 Å². The number of piperidine rings is 1. The number of fused-ring (bicyclic) bond motifs is 1. The number of benzene rings is 1. The fraction of sp³-hybridized carbons (Fsp3) is 0.607. The molecule has 2 atom stereocenters. The highest BCUT2D eigenvalue weighted by Crippen LogP contribution is 2.31. The summed E-state index contributed by atoms with van der Waals surface area (Å²) >= 11 is 0. The van der Waals surface area contributed by atoms with Crippen LogP contribution in [-0.2, 0) is 19.1 Å². The smallest absolute Gasteiger partial charge is 0.320 e. The van der Waals surface area contributed by atoms with Crippen LogP contribution >= 0.6 is 0 Å². The lowest BCUT2D eigenvalue weighted by molar-refractivity contribution is -0.155. The molecule has 1 unspecified atom stereocenters. The number of nitrogens with one attached hydrogen (secondary N) is 1. The molecule has 39 heavy (non-hydrogen) atoms. The fourth-order valence-corrected chi connectivity index (χ4v) is 5.97. The molecule has 4 heterocycles. The standard InChI is InChI=1S/C28H37N5O6/c1-28(2,3)39-24(35)17-31-9-8-18(16-31)15-30-10-12-32(13-11-30)19-4-5-20-21(14-19)27(38)33(26(20)37)22-6-7-23(34)29-25(22)36/h4-5,14,18,22H,6-13,15-17H2,1-3H3,(H,29,34,36)/t18-,22?/m1/s1. The summed E-state index contributed by atoms with van der Waals surface area (Å²) in [6, 6.07) is 4.32. The van der Waals surface area contributed by atoms with Crippen molar-refractivity contribution in [2.45, 2.75) is 51.7 Å². The van der Waals surface area contributed by atoms with Gasteiger partial charge in [0, 0.05) is 51.4 Å². The Hall–Kier alpha value is -3.31. The Morgan fingerprint density at radius 3 is 2.36 bits per heavy atom. The first-order valence-electron chi connectivity index (χ1n) is 13.8. The summed E-state index contributed by atoms with van der Waals surface area (Å²) in [4.78, 5) is 69.9. The highest BCUT2D eigenvalue weighted by Gasteiger charge is 2.44. The van der Waals surface area contributed by atoms with Gasteiger partial charge in [0.25, 0.3) is 11.8 Å². The maximum absolute atomic E-state index is 13.2. The van der Waals surface area contributed by atoms with Crippen LogP contribution in [0.4, 0.5) is 5.69 Å². The van der Waals surface area contributed by atoms with Crippen molar-refractivity contribution < 1.29 is 28.7 Å². The quantitative estimate of drug-likeness (QED) is 0.415. The molecule has 1 aromatic carbocycles. The Kier molecular flexibility index (Phi) is 7.47. The Labute approximate surface area is 228 Å². The number of rotatable bonds is 6. The van der Waals surface area contributed by atoms with Gasteiger partial charge < -0.3 is 9.64 Å². The molecule has 0 saturated carbocycles. The van der Waals surface area contributed by atoms with Crippen LogP contribution in [0.3, 0.4) is 0 Å². The van der Waals surface area contributed by atoms with E-state index in [-0.39, 0.29) is 24.7 Å². The van der Waals surface area contributed by atoms with Crippen LogP contribution in [0.15, 0.2) is 18.2 Å². The summed E-state index contributed by atoms with van der Waals surface area (Å²) in [5, 5.41) is 2.23. The molecule has 210 valence electrons. The topological polar surface area (TPSA) is 120 Å². The van der Waals surface area contributed by atoms with Gasteiger partial charge in [0.2, 0.25) is 11.8 Å². The Morgan fingerprint density at radius 1 is 0.949 bits per heavy atom. The molecule has 1 aromatic rings. The predicted molar refractivity (Wildman–Crippen MR) is 142 cm³/mol. The minimum atomic E-state index is -0.960. The van der Waals surface area contributed by atoms with E-state index in [9.17, 15) is 24.0 Å². The first-order chi connectivity index (χ1) is 18.5. The molecule has 11 heteroatoms. The van der Waals surface area contributed by atoms with Gasteiger partial charge in [-0.15, -0.1) is 0 Å². The summed E-state index contributed by atoms with van der Waals surface area (Å²) in [6.07, 6.45) is 1.31. The fourth-order valence-electron chi connectivity index (χ4n) is 5.97. The van der Waals surface area contributed by atoms with Gasteiger partial charge in [0.15, 0.2) is 0 Å². The molecule has 4 amide bonds. The van der Waals surface area contributed by atoms with Crippen molar-refractivity contribution in [2.24, 2.45) is 5.92 Å². The van der Waals surface area contributed by atoms with Crippen molar-refractivity contribution in [2.75, 3.05) is 57.3 Å². The SMILES string of the molecule is CC(C)(C)OC(=O)CN1CC[C@H](CN2CCN(c3ccc4c(c3)C(=O)N(C3CCC(=O)NC3=O)C4=O)CC2)C1. The van der Waals surface area contributed by atoms with E-state index in [1.807, 2.05) is 26.8 Å². The van der Waals surface area contributed by atoms with Gasteiger partial charge in [-0.3, -0.25) is 44.0 Å². The lowest BCUT2D eigenvalue weighted by atomic mass is 10.0. The average molecular weight is 540 g/mol. The molecular weight excluding hydrogens is 502 g/mol. The second kappa shape index (κ2) is 10.7. The minimum absolute atomic E-state index is 0.0992. The molecule has 0 aromatic heterocycles. The van der Waals surface area contributed by atoms with Gasteiger partial charge in [-0.25, -0.2) is 0 Å². The van der Waals surface area contributed by atoms with Crippen LogP contribution in [0.2, 0.25) is 0 Å². The van der Waals surface area contributed by atoms with Crippen LogP contribution in [-0.4, -0.2) is 108 Å². The zero-order valence-corrected chi connectivity index (χ0v) is 22.9. The normalized spacial score (nSPS) is 24.8. The number of piperazine rings is 1. The van der Waals surface area contributed by atoms with Crippen molar-refractivity contribution in [3.63, 3.8) is 0 Å². The molecule has 4 aliphatic rings. The molecule has 0 aliphatic carbocycles. The van der Waals surface area contributed by atoms with Gasteiger partial charge >= 0.3 is 5.97 Å². The van der Waals surface area contributed by atoms with Crippen LogP contribution < -0.4 is 10.2 Å². The van der Waals surface area contributed by atoms with E-state index in [0.717, 1.165) is 62.8 Å². The van der Waals surface area contributed by atoms with Crippen LogP contribution in [0.5, 0.6) is 0 Å². The number of esters is 1. The predicted octanol–water partition coefficient (Wildman–Crippen LogP) is 0.873. The van der Waals surface area contributed by atoms with Crippen LogP contribution in [0.1, 0.15) is 60.7 Å². The van der Waals surface area contributed by atoms with Crippen molar-refractivity contribution in [3.05, 3.63) is 29.3 Å². The van der Waals surface area contributed by atoms with E-state index in [4.69, 9.17) is 4.74 Å². The highest BCUT2D eigenvalue weighted by molar-refractivity contribution is 6.23. The molecule has 0 radical (unpaired) electrons. The minimum Gasteiger partial charge on any atom is -0.459 e. The summed E-state index contributed by atoms with van der Waals surface area (Å²) in [7, 11) is 0. The summed E-state index contributed by atoms with van der Waals surface area (Å²) in [6.45, 7) is 12.1. The van der Waals surface area contributed by atoms with Crippen molar-refractivity contribution in [1.82, 2.24) is 20.0 Å².